The summed E-state index contributed by atoms with van der Waals surface area (Å²) in [4.78, 5) is 8.88. The lowest BCUT2D eigenvalue weighted by Crippen LogP contribution is -2.41. The molecule has 0 spiro atoms. The molecule has 0 saturated carbocycles. The van der Waals surface area contributed by atoms with Crippen molar-refractivity contribution in [1.82, 2.24) is 10.3 Å². The summed E-state index contributed by atoms with van der Waals surface area (Å²) in [5.41, 5.74) is 1.11. The first kappa shape index (κ1) is 12.4. The molecule has 1 fully saturated rings. The van der Waals surface area contributed by atoms with Gasteiger partial charge in [-0.2, -0.15) is 0 Å². The second-order valence-electron chi connectivity index (χ2n) is 4.48. The number of pyridine rings is 1. The lowest BCUT2D eigenvalue weighted by atomic mass is 10.1. The summed E-state index contributed by atoms with van der Waals surface area (Å²) in [5.74, 6) is 1.88. The van der Waals surface area contributed by atoms with E-state index in [1.807, 2.05) is 36.2 Å². The van der Waals surface area contributed by atoms with E-state index in [0.717, 1.165) is 35.5 Å². The fraction of sp³-hybridized carbons (Fsp3) is 0.538. The summed E-state index contributed by atoms with van der Waals surface area (Å²) in [5, 5.41) is 4.53. The van der Waals surface area contributed by atoms with E-state index < -0.39 is 0 Å². The molecule has 3 nitrogen and oxygen atoms in total. The number of nitrogens with zero attached hydrogens (tertiary/aromatic N) is 2. The largest absolute Gasteiger partial charge is 0.362 e. The normalized spacial score (nSPS) is 26.8. The van der Waals surface area contributed by atoms with Crippen LogP contribution in [0.1, 0.15) is 19.5 Å². The molecule has 1 aliphatic heterocycles. The lowest BCUT2D eigenvalue weighted by molar-refractivity contribution is 0.490. The van der Waals surface area contributed by atoms with Crippen LogP contribution in [0.2, 0.25) is 0 Å². The van der Waals surface area contributed by atoms with Crippen molar-refractivity contribution in [3.63, 3.8) is 0 Å². The Labute approximate surface area is 107 Å². The molecule has 0 amide bonds. The minimum Gasteiger partial charge on any atom is -0.362 e. The molecular formula is C13H19N3S. The van der Waals surface area contributed by atoms with Crippen LogP contribution in [0.5, 0.6) is 0 Å². The van der Waals surface area contributed by atoms with Gasteiger partial charge in [-0.25, -0.2) is 0 Å². The quantitative estimate of drug-likeness (QED) is 0.893. The Balaban J connectivity index is 1.81. The summed E-state index contributed by atoms with van der Waals surface area (Å²) in [7, 11) is 0. The fourth-order valence-electron chi connectivity index (χ4n) is 1.64. The van der Waals surface area contributed by atoms with Crippen LogP contribution in [0.4, 0.5) is 0 Å². The molecule has 2 rings (SSSR count). The maximum atomic E-state index is 4.59. The van der Waals surface area contributed by atoms with Gasteiger partial charge in [-0.1, -0.05) is 24.8 Å². The third-order valence-electron chi connectivity index (χ3n) is 3.04. The van der Waals surface area contributed by atoms with Gasteiger partial charge in [0.1, 0.15) is 0 Å². The number of aliphatic imine (C=N–C) groups is 1. The molecule has 2 heterocycles. The van der Waals surface area contributed by atoms with E-state index >= 15 is 0 Å². The Morgan fingerprint density at radius 1 is 1.47 bits per heavy atom. The van der Waals surface area contributed by atoms with Gasteiger partial charge in [0.2, 0.25) is 0 Å². The first-order chi connectivity index (χ1) is 8.25. The zero-order valence-corrected chi connectivity index (χ0v) is 11.2. The zero-order chi connectivity index (χ0) is 12.1. The second kappa shape index (κ2) is 6.05. The average molecular weight is 249 g/mol. The minimum atomic E-state index is 0.532. The second-order valence-corrected chi connectivity index (χ2v) is 5.49. The Kier molecular flexibility index (Phi) is 4.42. The van der Waals surface area contributed by atoms with Gasteiger partial charge < -0.3 is 5.32 Å². The van der Waals surface area contributed by atoms with Gasteiger partial charge in [0, 0.05) is 36.7 Å². The van der Waals surface area contributed by atoms with Crippen molar-refractivity contribution in [3.8, 4) is 0 Å². The number of amidine groups is 1. The summed E-state index contributed by atoms with van der Waals surface area (Å²) < 4.78 is 0. The smallest absolute Gasteiger partial charge is 0.156 e. The van der Waals surface area contributed by atoms with E-state index in [0.29, 0.717) is 6.04 Å². The Hall–Kier alpha value is -1.03. The number of thioether (sulfide) groups is 1. The highest BCUT2D eigenvalue weighted by atomic mass is 32.2. The van der Waals surface area contributed by atoms with Crippen molar-refractivity contribution in [2.45, 2.75) is 26.3 Å². The summed E-state index contributed by atoms with van der Waals surface area (Å²) >= 11 is 1.83. The van der Waals surface area contributed by atoms with Crippen LogP contribution in [0, 0.1) is 5.92 Å². The number of rotatable bonds is 3. The monoisotopic (exact) mass is 249 g/mol. The maximum absolute atomic E-state index is 4.59. The van der Waals surface area contributed by atoms with E-state index in [9.17, 15) is 0 Å². The van der Waals surface area contributed by atoms with Gasteiger partial charge in [-0.15, -0.1) is 0 Å². The molecule has 92 valence electrons. The SMILES string of the molecule is CC1CSC(=NCCc2ccccn2)NC1C. The highest BCUT2D eigenvalue weighted by Gasteiger charge is 2.20. The van der Waals surface area contributed by atoms with Crippen LogP contribution in [-0.4, -0.2) is 28.5 Å². The molecule has 2 unspecified atom stereocenters. The van der Waals surface area contributed by atoms with Crippen LogP contribution >= 0.6 is 11.8 Å². The highest BCUT2D eigenvalue weighted by molar-refractivity contribution is 8.13. The molecule has 0 aromatic carbocycles. The highest BCUT2D eigenvalue weighted by Crippen LogP contribution is 2.19. The Bertz CT molecular complexity index is 378. The van der Waals surface area contributed by atoms with Crippen molar-refractivity contribution in [1.29, 1.82) is 0 Å². The number of hydrogen-bond donors (Lipinski definition) is 1. The first-order valence-corrected chi connectivity index (χ1v) is 7.08. The van der Waals surface area contributed by atoms with E-state index in [2.05, 4.69) is 29.1 Å². The third-order valence-corrected chi connectivity index (χ3v) is 4.25. The van der Waals surface area contributed by atoms with E-state index in [1.54, 1.807) is 0 Å². The molecule has 17 heavy (non-hydrogen) atoms. The van der Waals surface area contributed by atoms with Crippen LogP contribution < -0.4 is 5.32 Å². The summed E-state index contributed by atoms with van der Waals surface area (Å²) in [6.07, 6.45) is 2.75. The van der Waals surface area contributed by atoms with E-state index in [-0.39, 0.29) is 0 Å². The van der Waals surface area contributed by atoms with Crippen LogP contribution in [0.3, 0.4) is 0 Å². The van der Waals surface area contributed by atoms with Crippen molar-refractivity contribution in [2.75, 3.05) is 12.3 Å². The van der Waals surface area contributed by atoms with Gasteiger partial charge in [-0.3, -0.25) is 9.98 Å². The van der Waals surface area contributed by atoms with Crippen molar-refractivity contribution in [3.05, 3.63) is 30.1 Å². The van der Waals surface area contributed by atoms with Gasteiger partial charge in [-0.05, 0) is 25.0 Å². The van der Waals surface area contributed by atoms with E-state index in [4.69, 9.17) is 0 Å². The van der Waals surface area contributed by atoms with Crippen molar-refractivity contribution >= 4 is 16.9 Å². The average Bonchev–Trinajstić information content (AvgIpc) is 2.35. The summed E-state index contributed by atoms with van der Waals surface area (Å²) in [6, 6.07) is 6.54. The van der Waals surface area contributed by atoms with Crippen LogP contribution in [0.15, 0.2) is 29.4 Å². The molecule has 1 aliphatic rings. The number of hydrogen-bond acceptors (Lipinski definition) is 3. The Morgan fingerprint density at radius 3 is 3.06 bits per heavy atom. The van der Waals surface area contributed by atoms with Gasteiger partial charge in [0.15, 0.2) is 5.17 Å². The molecule has 1 saturated heterocycles. The van der Waals surface area contributed by atoms with Gasteiger partial charge in [0.25, 0.3) is 0 Å². The standard InChI is InChI=1S/C13H19N3S/c1-10-9-17-13(16-11(10)2)15-8-6-12-5-3-4-7-14-12/h3-5,7,10-11H,6,8-9H2,1-2H3,(H,15,16). The number of aromatic nitrogens is 1. The van der Waals surface area contributed by atoms with E-state index in [1.165, 1.54) is 0 Å². The van der Waals surface area contributed by atoms with Gasteiger partial charge in [0.05, 0.1) is 0 Å². The molecule has 1 N–H and O–H groups in total. The van der Waals surface area contributed by atoms with Crippen molar-refractivity contribution < 1.29 is 0 Å². The molecule has 4 heteroatoms. The van der Waals surface area contributed by atoms with Crippen LogP contribution in [-0.2, 0) is 6.42 Å². The molecular weight excluding hydrogens is 230 g/mol. The predicted molar refractivity (Wildman–Crippen MR) is 74.5 cm³/mol. The molecule has 0 bridgehead atoms. The lowest BCUT2D eigenvalue weighted by Gasteiger charge is -2.28. The van der Waals surface area contributed by atoms with Gasteiger partial charge >= 0.3 is 0 Å². The van der Waals surface area contributed by atoms with Crippen molar-refractivity contribution in [2.24, 2.45) is 10.9 Å². The zero-order valence-electron chi connectivity index (χ0n) is 10.4. The maximum Gasteiger partial charge on any atom is 0.156 e. The fourth-order valence-corrected chi connectivity index (χ4v) is 2.80. The molecule has 0 radical (unpaired) electrons. The molecule has 1 aromatic heterocycles. The third kappa shape index (κ3) is 3.73. The Morgan fingerprint density at radius 2 is 2.35 bits per heavy atom. The molecule has 0 aliphatic carbocycles. The minimum absolute atomic E-state index is 0.532. The first-order valence-electron chi connectivity index (χ1n) is 6.09. The molecule has 1 aromatic rings. The number of nitrogens with one attached hydrogen (secondary N) is 1. The topological polar surface area (TPSA) is 37.3 Å². The van der Waals surface area contributed by atoms with Crippen LogP contribution in [0.25, 0.3) is 0 Å². The summed E-state index contributed by atoms with van der Waals surface area (Å²) in [6.45, 7) is 5.31. The molecule has 2 atom stereocenters. The predicted octanol–water partition coefficient (Wildman–Crippen LogP) is 2.34.